The molecule has 1 aliphatic heterocycles. The first-order valence-electron chi connectivity index (χ1n) is 8.87. The topological polar surface area (TPSA) is 65.1 Å². The van der Waals surface area contributed by atoms with E-state index in [2.05, 4.69) is 0 Å². The third-order valence-electron chi connectivity index (χ3n) is 4.63. The highest BCUT2D eigenvalue weighted by Gasteiger charge is 2.35. The number of ether oxygens (including phenoxy) is 3. The van der Waals surface area contributed by atoms with Gasteiger partial charge in [-0.1, -0.05) is 30.3 Å². The number of hydrogen-bond acceptors (Lipinski definition) is 5. The minimum atomic E-state index is -0.525. The molecule has 0 radical (unpaired) electrons. The normalized spacial score (nSPS) is 16.1. The number of esters is 1. The van der Waals surface area contributed by atoms with Crippen molar-refractivity contribution in [1.29, 1.82) is 0 Å². The van der Waals surface area contributed by atoms with Crippen LogP contribution in [0.15, 0.2) is 48.5 Å². The third kappa shape index (κ3) is 4.22. The van der Waals surface area contributed by atoms with Crippen molar-refractivity contribution in [2.45, 2.75) is 25.5 Å². The molecule has 1 aliphatic rings. The molecular formula is C21H23NO5. The SMILES string of the molecule is COC(=O)[C@@H]1CCCN1C(=O)c1ccc(OCc2ccccc2)c(OC)c1. The molecular weight excluding hydrogens is 346 g/mol. The number of benzene rings is 2. The summed E-state index contributed by atoms with van der Waals surface area (Å²) in [7, 11) is 2.87. The van der Waals surface area contributed by atoms with Crippen LogP contribution in [-0.4, -0.2) is 43.6 Å². The summed E-state index contributed by atoms with van der Waals surface area (Å²) >= 11 is 0. The smallest absolute Gasteiger partial charge is 0.328 e. The van der Waals surface area contributed by atoms with Crippen molar-refractivity contribution < 1.29 is 23.8 Å². The van der Waals surface area contributed by atoms with Crippen LogP contribution in [0.2, 0.25) is 0 Å². The lowest BCUT2D eigenvalue weighted by atomic mass is 10.1. The fourth-order valence-electron chi connectivity index (χ4n) is 3.21. The molecule has 0 aliphatic carbocycles. The number of methoxy groups -OCH3 is 2. The van der Waals surface area contributed by atoms with Gasteiger partial charge in [-0.25, -0.2) is 4.79 Å². The monoisotopic (exact) mass is 369 g/mol. The maximum atomic E-state index is 12.9. The summed E-state index contributed by atoms with van der Waals surface area (Å²) in [4.78, 5) is 26.3. The highest BCUT2D eigenvalue weighted by Crippen LogP contribution is 2.30. The van der Waals surface area contributed by atoms with E-state index in [4.69, 9.17) is 14.2 Å². The maximum Gasteiger partial charge on any atom is 0.328 e. The van der Waals surface area contributed by atoms with Gasteiger partial charge < -0.3 is 19.1 Å². The zero-order valence-corrected chi connectivity index (χ0v) is 15.5. The summed E-state index contributed by atoms with van der Waals surface area (Å²) in [6.45, 7) is 0.939. The zero-order valence-electron chi connectivity index (χ0n) is 15.5. The summed E-state index contributed by atoms with van der Waals surface area (Å²) < 4.78 is 16.0. The Morgan fingerprint density at radius 1 is 1.07 bits per heavy atom. The highest BCUT2D eigenvalue weighted by molar-refractivity contribution is 5.97. The van der Waals surface area contributed by atoms with Gasteiger partial charge in [0.1, 0.15) is 12.6 Å². The first-order valence-corrected chi connectivity index (χ1v) is 8.87. The van der Waals surface area contributed by atoms with Gasteiger partial charge in [-0.05, 0) is 36.6 Å². The molecule has 142 valence electrons. The van der Waals surface area contributed by atoms with E-state index in [0.29, 0.717) is 36.6 Å². The van der Waals surface area contributed by atoms with Crippen LogP contribution in [-0.2, 0) is 16.1 Å². The summed E-state index contributed by atoms with van der Waals surface area (Å²) in [5.74, 6) is 0.445. The Kier molecular flexibility index (Phi) is 5.96. The largest absolute Gasteiger partial charge is 0.493 e. The Labute approximate surface area is 158 Å². The highest BCUT2D eigenvalue weighted by atomic mass is 16.5. The van der Waals surface area contributed by atoms with Crippen LogP contribution in [0.5, 0.6) is 11.5 Å². The molecule has 0 bridgehead atoms. The number of hydrogen-bond donors (Lipinski definition) is 0. The molecule has 6 nitrogen and oxygen atoms in total. The quantitative estimate of drug-likeness (QED) is 0.732. The molecule has 1 heterocycles. The minimum Gasteiger partial charge on any atom is -0.493 e. The molecule has 2 aromatic carbocycles. The summed E-state index contributed by atoms with van der Waals surface area (Å²) in [5.41, 5.74) is 1.49. The molecule has 0 unspecified atom stereocenters. The second-order valence-electron chi connectivity index (χ2n) is 6.32. The van der Waals surface area contributed by atoms with Crippen LogP contribution in [0.25, 0.3) is 0 Å². The molecule has 1 fully saturated rings. The number of rotatable bonds is 6. The van der Waals surface area contributed by atoms with E-state index in [1.54, 1.807) is 23.1 Å². The van der Waals surface area contributed by atoms with E-state index in [1.807, 2.05) is 30.3 Å². The summed E-state index contributed by atoms with van der Waals surface area (Å²) in [6, 6.07) is 14.3. The first-order chi connectivity index (χ1) is 13.1. The second-order valence-corrected chi connectivity index (χ2v) is 6.32. The Bertz CT molecular complexity index is 805. The lowest BCUT2D eigenvalue weighted by Crippen LogP contribution is -2.41. The average Bonchev–Trinajstić information content (AvgIpc) is 3.21. The van der Waals surface area contributed by atoms with Gasteiger partial charge >= 0.3 is 5.97 Å². The van der Waals surface area contributed by atoms with Crippen molar-refractivity contribution in [2.24, 2.45) is 0 Å². The Hall–Kier alpha value is -3.02. The van der Waals surface area contributed by atoms with Gasteiger partial charge in [0.05, 0.1) is 14.2 Å². The van der Waals surface area contributed by atoms with E-state index in [-0.39, 0.29) is 11.9 Å². The third-order valence-corrected chi connectivity index (χ3v) is 4.63. The molecule has 0 saturated carbocycles. The minimum absolute atomic E-state index is 0.212. The number of amides is 1. The van der Waals surface area contributed by atoms with Crippen LogP contribution in [0, 0.1) is 0 Å². The summed E-state index contributed by atoms with van der Waals surface area (Å²) in [6.07, 6.45) is 1.40. The van der Waals surface area contributed by atoms with Crippen molar-refractivity contribution >= 4 is 11.9 Å². The number of carbonyl (C=O) groups is 2. The maximum absolute atomic E-state index is 12.9. The molecule has 0 aromatic heterocycles. The average molecular weight is 369 g/mol. The predicted molar refractivity (Wildman–Crippen MR) is 99.8 cm³/mol. The molecule has 1 atom stereocenters. The van der Waals surface area contributed by atoms with Crippen molar-refractivity contribution in [3.63, 3.8) is 0 Å². The lowest BCUT2D eigenvalue weighted by molar-refractivity contribution is -0.145. The van der Waals surface area contributed by atoms with Gasteiger partial charge in [0.25, 0.3) is 5.91 Å². The Morgan fingerprint density at radius 3 is 2.56 bits per heavy atom. The van der Waals surface area contributed by atoms with E-state index >= 15 is 0 Å². The van der Waals surface area contributed by atoms with E-state index in [0.717, 1.165) is 12.0 Å². The van der Waals surface area contributed by atoms with Gasteiger partial charge in [-0.2, -0.15) is 0 Å². The van der Waals surface area contributed by atoms with Gasteiger partial charge in [-0.15, -0.1) is 0 Å². The molecule has 3 rings (SSSR count). The van der Waals surface area contributed by atoms with Crippen molar-refractivity contribution in [3.8, 4) is 11.5 Å². The Balaban J connectivity index is 1.75. The lowest BCUT2D eigenvalue weighted by Gasteiger charge is -2.23. The summed E-state index contributed by atoms with van der Waals surface area (Å²) in [5, 5.41) is 0. The van der Waals surface area contributed by atoms with E-state index in [1.165, 1.54) is 14.2 Å². The molecule has 2 aromatic rings. The van der Waals surface area contributed by atoms with Gasteiger partial charge in [0.15, 0.2) is 11.5 Å². The van der Waals surface area contributed by atoms with Gasteiger partial charge in [-0.3, -0.25) is 4.79 Å². The van der Waals surface area contributed by atoms with Crippen LogP contribution >= 0.6 is 0 Å². The molecule has 1 amide bonds. The fourth-order valence-corrected chi connectivity index (χ4v) is 3.21. The van der Waals surface area contributed by atoms with Crippen molar-refractivity contribution in [1.82, 2.24) is 4.90 Å². The van der Waals surface area contributed by atoms with Crippen LogP contribution in [0.3, 0.4) is 0 Å². The van der Waals surface area contributed by atoms with Gasteiger partial charge in [0, 0.05) is 12.1 Å². The standard InChI is InChI=1S/C21H23NO5/c1-25-19-13-16(20(23)22-12-6-9-17(22)21(24)26-2)10-11-18(19)27-14-15-7-4-3-5-8-15/h3-5,7-8,10-11,13,17H,6,9,12,14H2,1-2H3/t17-/m0/s1. The number of likely N-dealkylation sites (tertiary alicyclic amines) is 1. The van der Waals surface area contributed by atoms with Crippen LogP contribution in [0.4, 0.5) is 0 Å². The van der Waals surface area contributed by atoms with Gasteiger partial charge in [0.2, 0.25) is 0 Å². The van der Waals surface area contributed by atoms with E-state index < -0.39 is 6.04 Å². The first kappa shape index (κ1) is 18.8. The molecule has 6 heteroatoms. The molecule has 1 saturated heterocycles. The predicted octanol–water partition coefficient (Wildman–Crippen LogP) is 3.05. The number of carbonyl (C=O) groups excluding carboxylic acids is 2. The van der Waals surface area contributed by atoms with Crippen LogP contribution in [0.1, 0.15) is 28.8 Å². The molecule has 0 spiro atoms. The molecule has 0 N–H and O–H groups in total. The second kappa shape index (κ2) is 8.58. The van der Waals surface area contributed by atoms with E-state index in [9.17, 15) is 9.59 Å². The van der Waals surface area contributed by atoms with Crippen molar-refractivity contribution in [3.05, 3.63) is 59.7 Å². The number of nitrogens with zero attached hydrogens (tertiary/aromatic N) is 1. The fraction of sp³-hybridized carbons (Fsp3) is 0.333. The van der Waals surface area contributed by atoms with Crippen LogP contribution < -0.4 is 9.47 Å². The Morgan fingerprint density at radius 2 is 1.85 bits per heavy atom. The zero-order chi connectivity index (χ0) is 19.2. The molecule has 27 heavy (non-hydrogen) atoms. The van der Waals surface area contributed by atoms with Crippen molar-refractivity contribution in [2.75, 3.05) is 20.8 Å².